The lowest BCUT2D eigenvalue weighted by molar-refractivity contribution is -0.137. The van der Waals surface area contributed by atoms with E-state index in [0.717, 1.165) is 0 Å². The summed E-state index contributed by atoms with van der Waals surface area (Å²) in [5, 5.41) is 15.6. The molecule has 0 spiro atoms. The molecule has 0 aliphatic carbocycles. The fraction of sp³-hybridized carbons (Fsp3) is 0.667. The molecule has 0 heterocycles. The number of primary amides is 2. The van der Waals surface area contributed by atoms with Crippen molar-refractivity contribution in [3.63, 3.8) is 0 Å². The Kier molecular flexibility index (Phi) is 12.5. The molecule has 0 bridgehead atoms. The van der Waals surface area contributed by atoms with Crippen molar-refractivity contribution in [1.82, 2.24) is 16.0 Å². The van der Waals surface area contributed by atoms with Crippen LogP contribution in [0.15, 0.2) is 0 Å². The summed E-state index contributed by atoms with van der Waals surface area (Å²) in [6.45, 7) is 3.17. The van der Waals surface area contributed by atoms with Crippen molar-refractivity contribution < 1.29 is 33.9 Å². The number of carboxylic acid groups (broad SMARTS) is 1. The van der Waals surface area contributed by atoms with E-state index in [1.54, 1.807) is 0 Å². The van der Waals surface area contributed by atoms with E-state index in [9.17, 15) is 28.8 Å². The average Bonchev–Trinajstić information content (AvgIpc) is 2.64. The first-order valence-electron chi connectivity index (χ1n) is 9.75. The summed E-state index contributed by atoms with van der Waals surface area (Å²) in [6.07, 6.45) is -0.523. The quantitative estimate of drug-likeness (QED) is 0.137. The van der Waals surface area contributed by atoms with Crippen LogP contribution in [0.1, 0.15) is 46.0 Å². The summed E-state index contributed by atoms with van der Waals surface area (Å²) in [5.41, 5.74) is 16.0. The van der Waals surface area contributed by atoms with Crippen LogP contribution in [0.4, 0.5) is 0 Å². The van der Waals surface area contributed by atoms with E-state index in [4.69, 9.17) is 22.3 Å². The second-order valence-electron chi connectivity index (χ2n) is 7.47. The highest BCUT2D eigenvalue weighted by molar-refractivity contribution is 5.93. The molecule has 5 amide bonds. The first-order chi connectivity index (χ1) is 14.3. The van der Waals surface area contributed by atoms with Crippen molar-refractivity contribution in [2.24, 2.45) is 23.1 Å². The fourth-order valence-corrected chi connectivity index (χ4v) is 2.54. The van der Waals surface area contributed by atoms with Crippen LogP contribution in [0.2, 0.25) is 0 Å². The number of carbonyl (C=O) groups excluding carboxylic acids is 5. The van der Waals surface area contributed by atoms with Gasteiger partial charge >= 0.3 is 5.97 Å². The van der Waals surface area contributed by atoms with Gasteiger partial charge in [0, 0.05) is 12.8 Å². The van der Waals surface area contributed by atoms with Gasteiger partial charge in [0.1, 0.15) is 12.1 Å². The van der Waals surface area contributed by atoms with Gasteiger partial charge in [-0.3, -0.25) is 28.8 Å². The summed E-state index contributed by atoms with van der Waals surface area (Å²) in [7, 11) is 0. The smallest absolute Gasteiger partial charge is 0.303 e. The third-order valence-corrected chi connectivity index (χ3v) is 4.12. The van der Waals surface area contributed by atoms with Gasteiger partial charge in [-0.15, -0.1) is 0 Å². The molecule has 13 nitrogen and oxygen atoms in total. The molecular weight excluding hydrogens is 412 g/mol. The van der Waals surface area contributed by atoms with Crippen LogP contribution >= 0.6 is 0 Å². The summed E-state index contributed by atoms with van der Waals surface area (Å²) >= 11 is 0. The molecule has 0 aliphatic heterocycles. The number of amides is 5. The minimum Gasteiger partial charge on any atom is -0.481 e. The van der Waals surface area contributed by atoms with E-state index in [-0.39, 0.29) is 25.2 Å². The lowest BCUT2D eigenvalue weighted by Crippen LogP contribution is -2.54. The van der Waals surface area contributed by atoms with E-state index < -0.39 is 66.6 Å². The van der Waals surface area contributed by atoms with Crippen molar-refractivity contribution in [3.8, 4) is 0 Å². The Balaban J connectivity index is 4.90. The van der Waals surface area contributed by atoms with Crippen LogP contribution in [0, 0.1) is 5.92 Å². The predicted molar refractivity (Wildman–Crippen MR) is 109 cm³/mol. The Labute approximate surface area is 179 Å². The standard InChI is InChI=1S/C18H32N6O7/c1-9(2)7-10(19)17(30)24-12(3-5-13(20)25)18(31)22-8-14(26)23-11(16(21)29)4-6-15(27)28/h9-12H,3-8,19H2,1-2H3,(H2,20,25)(H2,21,29)(H,22,31)(H,23,26)(H,24,30)(H,27,28)/t10-,11-,12-/m0/s1. The van der Waals surface area contributed by atoms with Gasteiger partial charge in [-0.1, -0.05) is 13.8 Å². The van der Waals surface area contributed by atoms with Crippen LogP contribution in [0.25, 0.3) is 0 Å². The number of carbonyl (C=O) groups is 6. The van der Waals surface area contributed by atoms with Gasteiger partial charge < -0.3 is 38.3 Å². The second-order valence-corrected chi connectivity index (χ2v) is 7.47. The van der Waals surface area contributed by atoms with Crippen LogP contribution < -0.4 is 33.2 Å². The van der Waals surface area contributed by atoms with Crippen molar-refractivity contribution in [1.29, 1.82) is 0 Å². The number of nitrogens with two attached hydrogens (primary N) is 3. The monoisotopic (exact) mass is 444 g/mol. The highest BCUT2D eigenvalue weighted by atomic mass is 16.4. The molecule has 0 radical (unpaired) electrons. The number of aliphatic carboxylic acids is 1. The van der Waals surface area contributed by atoms with E-state index >= 15 is 0 Å². The Morgan fingerprint density at radius 1 is 0.871 bits per heavy atom. The maximum absolute atomic E-state index is 12.4. The normalized spacial score (nSPS) is 13.5. The first kappa shape index (κ1) is 27.8. The van der Waals surface area contributed by atoms with Crippen molar-refractivity contribution in [2.75, 3.05) is 6.54 Å². The van der Waals surface area contributed by atoms with E-state index in [1.807, 2.05) is 13.8 Å². The molecule has 0 aliphatic rings. The van der Waals surface area contributed by atoms with Crippen LogP contribution in [-0.4, -0.2) is 65.3 Å². The van der Waals surface area contributed by atoms with Gasteiger partial charge in [0.2, 0.25) is 29.5 Å². The minimum absolute atomic E-state index is 0.106. The van der Waals surface area contributed by atoms with Gasteiger partial charge in [0.05, 0.1) is 12.6 Å². The molecule has 0 aromatic carbocycles. The third-order valence-electron chi connectivity index (χ3n) is 4.12. The molecule has 0 unspecified atom stereocenters. The van der Waals surface area contributed by atoms with Crippen LogP contribution in [-0.2, 0) is 28.8 Å². The largest absolute Gasteiger partial charge is 0.481 e. The molecule has 0 fully saturated rings. The molecule has 0 aromatic heterocycles. The number of nitrogens with one attached hydrogen (secondary N) is 3. The Bertz CT molecular complexity index is 682. The molecule has 0 saturated carbocycles. The average molecular weight is 444 g/mol. The minimum atomic E-state index is -1.22. The van der Waals surface area contributed by atoms with E-state index in [0.29, 0.717) is 6.42 Å². The highest BCUT2D eigenvalue weighted by Crippen LogP contribution is 2.05. The first-order valence-corrected chi connectivity index (χ1v) is 9.75. The zero-order valence-electron chi connectivity index (χ0n) is 17.7. The van der Waals surface area contributed by atoms with Gasteiger partial charge in [0.25, 0.3) is 0 Å². The molecule has 0 aromatic rings. The number of carboxylic acids is 1. The van der Waals surface area contributed by atoms with E-state index in [2.05, 4.69) is 16.0 Å². The lowest BCUT2D eigenvalue weighted by atomic mass is 10.0. The Morgan fingerprint density at radius 2 is 1.45 bits per heavy atom. The summed E-state index contributed by atoms with van der Waals surface area (Å²) in [5.74, 6) is -4.78. The fourth-order valence-electron chi connectivity index (χ4n) is 2.54. The lowest BCUT2D eigenvalue weighted by Gasteiger charge is -2.21. The molecule has 3 atom stereocenters. The molecule has 176 valence electrons. The molecule has 10 N–H and O–H groups in total. The maximum Gasteiger partial charge on any atom is 0.303 e. The van der Waals surface area contributed by atoms with Crippen LogP contribution in [0.3, 0.4) is 0 Å². The predicted octanol–water partition coefficient (Wildman–Crippen LogP) is -2.94. The SMILES string of the molecule is CC(C)C[C@H](N)C(=O)N[C@@H](CCC(N)=O)C(=O)NCC(=O)N[C@@H](CCC(=O)O)C(N)=O. The maximum atomic E-state index is 12.4. The topological polar surface area (TPSA) is 237 Å². The van der Waals surface area contributed by atoms with Gasteiger partial charge in [-0.25, -0.2) is 0 Å². The molecule has 0 rings (SSSR count). The van der Waals surface area contributed by atoms with Crippen LogP contribution in [0.5, 0.6) is 0 Å². The van der Waals surface area contributed by atoms with Gasteiger partial charge in [0.15, 0.2) is 0 Å². The number of hydrogen-bond donors (Lipinski definition) is 7. The molecule has 13 heteroatoms. The van der Waals surface area contributed by atoms with Gasteiger partial charge in [-0.05, 0) is 25.2 Å². The number of hydrogen-bond acceptors (Lipinski definition) is 7. The van der Waals surface area contributed by atoms with Crippen molar-refractivity contribution in [3.05, 3.63) is 0 Å². The van der Waals surface area contributed by atoms with Crippen molar-refractivity contribution in [2.45, 2.75) is 64.1 Å². The van der Waals surface area contributed by atoms with Gasteiger partial charge in [-0.2, -0.15) is 0 Å². The molecule has 0 saturated heterocycles. The highest BCUT2D eigenvalue weighted by Gasteiger charge is 2.25. The number of rotatable bonds is 15. The summed E-state index contributed by atoms with van der Waals surface area (Å²) in [6, 6.07) is -3.25. The van der Waals surface area contributed by atoms with E-state index in [1.165, 1.54) is 0 Å². The summed E-state index contributed by atoms with van der Waals surface area (Å²) in [4.78, 5) is 69.6. The molecule has 31 heavy (non-hydrogen) atoms. The second kappa shape index (κ2) is 13.9. The Morgan fingerprint density at radius 3 is 1.94 bits per heavy atom. The zero-order chi connectivity index (χ0) is 24.1. The zero-order valence-corrected chi connectivity index (χ0v) is 17.7. The van der Waals surface area contributed by atoms with Crippen molar-refractivity contribution >= 4 is 35.5 Å². The third kappa shape index (κ3) is 12.8. The molecular formula is C18H32N6O7. The Hall–Kier alpha value is -3.22. The summed E-state index contributed by atoms with van der Waals surface area (Å²) < 4.78 is 0.